The lowest BCUT2D eigenvalue weighted by Gasteiger charge is -2.21. The van der Waals surface area contributed by atoms with E-state index in [-0.39, 0.29) is 13.0 Å². The maximum atomic E-state index is 13.4. The van der Waals surface area contributed by atoms with Gasteiger partial charge in [0.05, 0.1) is 12.0 Å². The minimum Gasteiger partial charge on any atom is -0.466 e. The molecule has 118 valence electrons. The molecule has 1 N–H and O–H groups in total. The fourth-order valence-electron chi connectivity index (χ4n) is 2.05. The molecule has 2 rings (SSSR count). The summed E-state index contributed by atoms with van der Waals surface area (Å²) in [6, 6.07) is 3.29. The molecule has 0 unspecified atom stereocenters. The fraction of sp³-hybridized carbons (Fsp3) is 0.400. The Balaban J connectivity index is 2.26. The smallest absolute Gasteiger partial charge is 0.313 e. The highest BCUT2D eigenvalue weighted by Crippen LogP contribution is 2.30. The molecular formula is C15H17F2N3O2. The third-order valence-electron chi connectivity index (χ3n) is 3.29. The second-order valence-electron chi connectivity index (χ2n) is 5.37. The summed E-state index contributed by atoms with van der Waals surface area (Å²) in [6.07, 6.45) is -0.0333. The Hall–Kier alpha value is -2.31. The van der Waals surface area contributed by atoms with Gasteiger partial charge in [0.1, 0.15) is 23.9 Å². The zero-order chi connectivity index (χ0) is 16.3. The van der Waals surface area contributed by atoms with Crippen molar-refractivity contribution in [3.63, 3.8) is 0 Å². The predicted octanol–water partition coefficient (Wildman–Crippen LogP) is 2.51. The largest absolute Gasteiger partial charge is 0.466 e. The molecule has 0 amide bonds. The molecule has 22 heavy (non-hydrogen) atoms. The molecule has 0 bridgehead atoms. The molecule has 0 aliphatic heterocycles. The molecule has 0 saturated carbocycles. The topological polar surface area (TPSA) is 67.9 Å². The van der Waals surface area contributed by atoms with Crippen LogP contribution in [0.5, 0.6) is 0 Å². The summed E-state index contributed by atoms with van der Waals surface area (Å²) in [5.74, 6) is -1.05. The van der Waals surface area contributed by atoms with Crippen LogP contribution >= 0.6 is 0 Å². The number of aromatic amines is 1. The Morgan fingerprint density at radius 2 is 1.91 bits per heavy atom. The van der Waals surface area contributed by atoms with Gasteiger partial charge in [-0.15, -0.1) is 0 Å². The number of nitrogens with one attached hydrogen (secondary N) is 1. The van der Waals surface area contributed by atoms with Crippen LogP contribution in [-0.2, 0) is 21.4 Å². The van der Waals surface area contributed by atoms with Gasteiger partial charge in [0.25, 0.3) is 0 Å². The highest BCUT2D eigenvalue weighted by Gasteiger charge is 2.29. The first-order chi connectivity index (χ1) is 10.3. The number of carbonyl (C=O) groups excluding carboxylic acids is 1. The minimum absolute atomic E-state index is 0.0333. The highest BCUT2D eigenvalue weighted by atomic mass is 19.1. The molecule has 0 spiro atoms. The van der Waals surface area contributed by atoms with Crippen LogP contribution in [0, 0.1) is 11.6 Å². The number of rotatable bonds is 5. The van der Waals surface area contributed by atoms with Crippen LogP contribution in [0.1, 0.15) is 38.0 Å². The highest BCUT2D eigenvalue weighted by molar-refractivity contribution is 5.71. The van der Waals surface area contributed by atoms with Crippen molar-refractivity contribution in [2.24, 2.45) is 0 Å². The summed E-state index contributed by atoms with van der Waals surface area (Å²) < 4.78 is 31.6. The average molecular weight is 309 g/mol. The van der Waals surface area contributed by atoms with Crippen molar-refractivity contribution in [1.29, 1.82) is 0 Å². The molecule has 7 heteroatoms. The van der Waals surface area contributed by atoms with Gasteiger partial charge < -0.3 is 4.74 Å². The summed E-state index contributed by atoms with van der Waals surface area (Å²) in [6.45, 7) is 5.50. The molecule has 1 heterocycles. The Labute approximate surface area is 126 Å². The monoisotopic (exact) mass is 309 g/mol. The van der Waals surface area contributed by atoms with Crippen LogP contribution in [0.3, 0.4) is 0 Å². The van der Waals surface area contributed by atoms with Crippen molar-refractivity contribution < 1.29 is 18.3 Å². The van der Waals surface area contributed by atoms with E-state index >= 15 is 0 Å². The van der Waals surface area contributed by atoms with E-state index < -0.39 is 23.0 Å². The molecule has 0 aliphatic carbocycles. The van der Waals surface area contributed by atoms with Gasteiger partial charge >= 0.3 is 5.97 Å². The lowest BCUT2D eigenvalue weighted by molar-refractivity contribution is -0.142. The summed E-state index contributed by atoms with van der Waals surface area (Å²) in [5.41, 5.74) is -0.404. The Morgan fingerprint density at radius 3 is 2.50 bits per heavy atom. The van der Waals surface area contributed by atoms with E-state index in [1.54, 1.807) is 20.8 Å². The molecule has 0 saturated heterocycles. The number of H-pyrrole nitrogens is 1. The van der Waals surface area contributed by atoms with Crippen LogP contribution in [0.2, 0.25) is 0 Å². The number of aromatic nitrogens is 3. The van der Waals surface area contributed by atoms with Gasteiger partial charge in [-0.2, -0.15) is 5.10 Å². The lowest BCUT2D eigenvalue weighted by atomic mass is 9.84. The van der Waals surface area contributed by atoms with Crippen molar-refractivity contribution in [2.45, 2.75) is 32.6 Å². The second-order valence-corrected chi connectivity index (χ2v) is 5.37. The van der Waals surface area contributed by atoms with E-state index in [2.05, 4.69) is 15.2 Å². The van der Waals surface area contributed by atoms with E-state index in [9.17, 15) is 13.6 Å². The van der Waals surface area contributed by atoms with Crippen molar-refractivity contribution in [2.75, 3.05) is 6.61 Å². The maximum Gasteiger partial charge on any atom is 0.313 e. The number of benzene rings is 1. The normalized spacial score (nSPS) is 11.5. The first-order valence-electron chi connectivity index (χ1n) is 6.87. The lowest BCUT2D eigenvalue weighted by Crippen LogP contribution is -2.21. The average Bonchev–Trinajstić information content (AvgIpc) is 2.87. The number of halogens is 2. The fourth-order valence-corrected chi connectivity index (χ4v) is 2.05. The van der Waals surface area contributed by atoms with Gasteiger partial charge in [-0.05, 0) is 38.5 Å². The molecule has 0 atom stereocenters. The Morgan fingerprint density at radius 1 is 1.27 bits per heavy atom. The number of ether oxygens (including phenoxy) is 1. The Kier molecular flexibility index (Phi) is 4.54. The van der Waals surface area contributed by atoms with Crippen LogP contribution in [0.25, 0.3) is 0 Å². The molecule has 5 nitrogen and oxygen atoms in total. The third kappa shape index (κ3) is 3.47. The predicted molar refractivity (Wildman–Crippen MR) is 75.2 cm³/mol. The van der Waals surface area contributed by atoms with Gasteiger partial charge in [-0.3, -0.25) is 9.89 Å². The van der Waals surface area contributed by atoms with Gasteiger partial charge in [0.2, 0.25) is 0 Å². The van der Waals surface area contributed by atoms with Gasteiger partial charge in [0.15, 0.2) is 5.82 Å². The quantitative estimate of drug-likeness (QED) is 0.862. The number of hydrogen-bond donors (Lipinski definition) is 1. The summed E-state index contributed by atoms with van der Waals surface area (Å²) in [5, 5.41) is 6.70. The molecule has 0 fully saturated rings. The maximum absolute atomic E-state index is 13.4. The summed E-state index contributed by atoms with van der Waals surface area (Å²) in [4.78, 5) is 15.6. The van der Waals surface area contributed by atoms with Crippen molar-refractivity contribution in [3.05, 3.63) is 47.0 Å². The van der Waals surface area contributed by atoms with Crippen LogP contribution < -0.4 is 0 Å². The van der Waals surface area contributed by atoms with Crippen LogP contribution in [0.4, 0.5) is 8.78 Å². The SMILES string of the molecule is CCOC(=O)Cc1nc(C(C)(C)c2cc(F)cc(F)c2)n[nH]1. The van der Waals surface area contributed by atoms with E-state index in [1.807, 2.05) is 0 Å². The zero-order valence-electron chi connectivity index (χ0n) is 12.6. The number of nitrogens with zero attached hydrogens (tertiary/aromatic N) is 2. The first kappa shape index (κ1) is 16.1. The number of hydrogen-bond acceptors (Lipinski definition) is 4. The summed E-state index contributed by atoms with van der Waals surface area (Å²) in [7, 11) is 0. The van der Waals surface area contributed by atoms with Crippen LogP contribution in [0.15, 0.2) is 18.2 Å². The molecular weight excluding hydrogens is 292 g/mol. The van der Waals surface area contributed by atoms with Crippen molar-refractivity contribution >= 4 is 5.97 Å². The summed E-state index contributed by atoms with van der Waals surface area (Å²) >= 11 is 0. The standard InChI is InChI=1S/C15H17F2N3O2/c1-4-22-13(21)8-12-18-14(20-19-12)15(2,3)9-5-10(16)7-11(17)6-9/h5-7H,4,8H2,1-3H3,(H,18,19,20). The van der Waals surface area contributed by atoms with E-state index in [0.29, 0.717) is 17.2 Å². The van der Waals surface area contributed by atoms with Crippen molar-refractivity contribution in [3.8, 4) is 0 Å². The first-order valence-corrected chi connectivity index (χ1v) is 6.87. The Bertz CT molecular complexity index is 663. The minimum atomic E-state index is -0.813. The van der Waals surface area contributed by atoms with Gasteiger partial charge in [-0.1, -0.05) is 0 Å². The zero-order valence-corrected chi connectivity index (χ0v) is 12.6. The molecule has 2 aromatic rings. The van der Waals surface area contributed by atoms with Gasteiger partial charge in [0, 0.05) is 6.07 Å². The van der Waals surface area contributed by atoms with Crippen LogP contribution in [-0.4, -0.2) is 27.8 Å². The van der Waals surface area contributed by atoms with Crippen molar-refractivity contribution in [1.82, 2.24) is 15.2 Å². The number of carbonyl (C=O) groups is 1. The van der Waals surface area contributed by atoms with E-state index in [0.717, 1.165) is 6.07 Å². The van der Waals surface area contributed by atoms with Gasteiger partial charge in [-0.25, -0.2) is 13.8 Å². The van der Waals surface area contributed by atoms with E-state index in [4.69, 9.17) is 4.74 Å². The number of esters is 1. The molecule has 0 radical (unpaired) electrons. The molecule has 0 aliphatic rings. The second kappa shape index (κ2) is 6.21. The molecule has 1 aromatic heterocycles. The van der Waals surface area contributed by atoms with E-state index in [1.165, 1.54) is 12.1 Å². The molecule has 1 aromatic carbocycles. The third-order valence-corrected chi connectivity index (χ3v) is 3.29.